The van der Waals surface area contributed by atoms with Gasteiger partial charge in [0.15, 0.2) is 0 Å². The van der Waals surface area contributed by atoms with Crippen molar-refractivity contribution in [2.24, 2.45) is 0 Å². The molecule has 0 N–H and O–H groups in total. The molecule has 0 spiro atoms. The van der Waals surface area contributed by atoms with Crippen LogP contribution in [0, 0.1) is 19.3 Å². The molecule has 0 saturated carbocycles. The normalized spacial score (nSPS) is 11.7. The predicted molar refractivity (Wildman–Crippen MR) is 98.9 cm³/mol. The molecule has 0 aliphatic heterocycles. The third kappa shape index (κ3) is 4.82. The van der Waals surface area contributed by atoms with E-state index in [0.29, 0.717) is 13.0 Å². The van der Waals surface area contributed by atoms with Crippen molar-refractivity contribution in [1.82, 2.24) is 4.31 Å². The Labute approximate surface area is 144 Å². The second-order valence-corrected chi connectivity index (χ2v) is 7.40. The molecule has 2 aromatic carbocycles. The standard InChI is InChI=1S/C20H21NO2S/c1-3-16-21(17-8-7-11-19-9-5-4-6-10-19)24(22,23)20-14-12-18(2)13-15-20/h1,4-7,9-15H,8,16-17H2,2H3/b11-7+. The summed E-state index contributed by atoms with van der Waals surface area (Å²) in [6.45, 7) is 2.34. The number of rotatable bonds is 7. The Hall–Kier alpha value is -2.35. The maximum Gasteiger partial charge on any atom is 0.243 e. The van der Waals surface area contributed by atoms with Gasteiger partial charge in [-0.2, -0.15) is 4.31 Å². The first-order chi connectivity index (χ1) is 11.5. The quantitative estimate of drug-likeness (QED) is 0.721. The zero-order chi connectivity index (χ0) is 17.4. The van der Waals surface area contributed by atoms with E-state index < -0.39 is 10.0 Å². The summed E-state index contributed by atoms with van der Waals surface area (Å²) in [5, 5.41) is 0. The highest BCUT2D eigenvalue weighted by molar-refractivity contribution is 7.89. The van der Waals surface area contributed by atoms with Gasteiger partial charge in [0, 0.05) is 6.54 Å². The molecule has 2 aromatic rings. The number of terminal acetylenes is 1. The van der Waals surface area contributed by atoms with Gasteiger partial charge in [0.2, 0.25) is 10.0 Å². The van der Waals surface area contributed by atoms with Crippen molar-refractivity contribution in [2.75, 3.05) is 13.1 Å². The van der Waals surface area contributed by atoms with E-state index >= 15 is 0 Å². The van der Waals surface area contributed by atoms with E-state index in [-0.39, 0.29) is 11.4 Å². The van der Waals surface area contributed by atoms with E-state index in [1.165, 1.54) is 4.31 Å². The Kier molecular flexibility index (Phi) is 6.36. The molecule has 0 radical (unpaired) electrons. The molecule has 0 heterocycles. The van der Waals surface area contributed by atoms with Crippen molar-refractivity contribution in [1.29, 1.82) is 0 Å². The second kappa shape index (κ2) is 8.49. The first-order valence-electron chi connectivity index (χ1n) is 7.76. The minimum Gasteiger partial charge on any atom is -0.207 e. The number of sulfonamides is 1. The maximum absolute atomic E-state index is 12.7. The Morgan fingerprint density at radius 1 is 1.08 bits per heavy atom. The average molecular weight is 339 g/mol. The number of hydrogen-bond acceptors (Lipinski definition) is 2. The summed E-state index contributed by atoms with van der Waals surface area (Å²) in [6.07, 6.45) is 9.89. The lowest BCUT2D eigenvalue weighted by molar-refractivity contribution is 0.452. The number of hydrogen-bond donors (Lipinski definition) is 0. The molecule has 24 heavy (non-hydrogen) atoms. The molecular formula is C20H21NO2S. The lowest BCUT2D eigenvalue weighted by Gasteiger charge is -2.19. The van der Waals surface area contributed by atoms with E-state index in [1.807, 2.05) is 49.4 Å². The summed E-state index contributed by atoms with van der Waals surface area (Å²) in [4.78, 5) is 0.274. The Balaban J connectivity index is 2.07. The van der Waals surface area contributed by atoms with E-state index in [0.717, 1.165) is 11.1 Å². The van der Waals surface area contributed by atoms with Crippen LogP contribution in [-0.2, 0) is 10.0 Å². The average Bonchev–Trinajstić information content (AvgIpc) is 2.59. The fourth-order valence-corrected chi connectivity index (χ4v) is 3.62. The summed E-state index contributed by atoms with van der Waals surface area (Å²) in [7, 11) is -3.57. The Morgan fingerprint density at radius 2 is 1.75 bits per heavy atom. The molecule has 0 amide bonds. The largest absolute Gasteiger partial charge is 0.243 e. The van der Waals surface area contributed by atoms with Crippen LogP contribution in [0.1, 0.15) is 17.5 Å². The van der Waals surface area contributed by atoms with Gasteiger partial charge in [-0.3, -0.25) is 0 Å². The van der Waals surface area contributed by atoms with Crippen molar-refractivity contribution < 1.29 is 8.42 Å². The van der Waals surface area contributed by atoms with Crippen molar-refractivity contribution in [3.63, 3.8) is 0 Å². The summed E-state index contributed by atoms with van der Waals surface area (Å²) in [5.74, 6) is 2.44. The molecule has 4 heteroatoms. The Bertz CT molecular complexity index is 816. The fraction of sp³-hybridized carbons (Fsp3) is 0.200. The monoisotopic (exact) mass is 339 g/mol. The van der Waals surface area contributed by atoms with Crippen LogP contribution in [0.3, 0.4) is 0 Å². The van der Waals surface area contributed by atoms with Gasteiger partial charge in [-0.05, 0) is 31.0 Å². The highest BCUT2D eigenvalue weighted by Crippen LogP contribution is 2.16. The van der Waals surface area contributed by atoms with Gasteiger partial charge in [0.05, 0.1) is 11.4 Å². The molecule has 124 valence electrons. The first kappa shape index (κ1) is 18.0. The van der Waals surface area contributed by atoms with Gasteiger partial charge in [-0.25, -0.2) is 8.42 Å². The van der Waals surface area contributed by atoms with Crippen LogP contribution in [0.5, 0.6) is 0 Å². The summed E-state index contributed by atoms with van der Waals surface area (Å²) in [6, 6.07) is 16.7. The van der Waals surface area contributed by atoms with Crippen LogP contribution in [0.15, 0.2) is 65.6 Å². The second-order valence-electron chi connectivity index (χ2n) is 5.46. The van der Waals surface area contributed by atoms with E-state index in [2.05, 4.69) is 5.92 Å². The third-order valence-electron chi connectivity index (χ3n) is 3.58. The first-order valence-corrected chi connectivity index (χ1v) is 9.20. The topological polar surface area (TPSA) is 37.4 Å². The van der Waals surface area contributed by atoms with Gasteiger partial charge >= 0.3 is 0 Å². The molecule has 0 fully saturated rings. The van der Waals surface area contributed by atoms with E-state index in [4.69, 9.17) is 6.42 Å². The smallest absolute Gasteiger partial charge is 0.207 e. The van der Waals surface area contributed by atoms with Crippen molar-refractivity contribution in [2.45, 2.75) is 18.2 Å². The van der Waals surface area contributed by atoms with Crippen molar-refractivity contribution in [3.05, 3.63) is 71.8 Å². The van der Waals surface area contributed by atoms with Crippen LogP contribution >= 0.6 is 0 Å². The van der Waals surface area contributed by atoms with E-state index in [1.54, 1.807) is 24.3 Å². The van der Waals surface area contributed by atoms with E-state index in [9.17, 15) is 8.42 Å². The lowest BCUT2D eigenvalue weighted by atomic mass is 10.2. The number of nitrogens with zero attached hydrogens (tertiary/aromatic N) is 1. The molecule has 0 unspecified atom stereocenters. The van der Waals surface area contributed by atoms with Crippen molar-refractivity contribution >= 4 is 16.1 Å². The van der Waals surface area contributed by atoms with Crippen molar-refractivity contribution in [3.8, 4) is 12.3 Å². The minimum absolute atomic E-state index is 0.0649. The third-order valence-corrected chi connectivity index (χ3v) is 5.44. The molecule has 0 aliphatic rings. The lowest BCUT2D eigenvalue weighted by Crippen LogP contribution is -2.32. The molecule has 0 atom stereocenters. The Morgan fingerprint density at radius 3 is 2.38 bits per heavy atom. The van der Waals surface area contributed by atoms with Gasteiger partial charge in [0.25, 0.3) is 0 Å². The van der Waals surface area contributed by atoms with Crippen LogP contribution in [0.25, 0.3) is 6.08 Å². The molecule has 0 aliphatic carbocycles. The molecular weight excluding hydrogens is 318 g/mol. The summed E-state index contributed by atoms with van der Waals surface area (Å²) >= 11 is 0. The van der Waals surface area contributed by atoms with Gasteiger partial charge in [-0.1, -0.05) is 66.1 Å². The SMILES string of the molecule is C#CCN(CC/C=C/c1ccccc1)S(=O)(=O)c1ccc(C)cc1. The van der Waals surface area contributed by atoms with Gasteiger partial charge in [-0.15, -0.1) is 6.42 Å². The number of benzene rings is 2. The molecule has 0 bridgehead atoms. The van der Waals surface area contributed by atoms with Gasteiger partial charge in [0.1, 0.15) is 0 Å². The predicted octanol–water partition coefficient (Wildman–Crippen LogP) is 3.72. The highest BCUT2D eigenvalue weighted by Gasteiger charge is 2.22. The molecule has 2 rings (SSSR count). The highest BCUT2D eigenvalue weighted by atomic mass is 32.2. The van der Waals surface area contributed by atoms with Crippen LogP contribution in [0.2, 0.25) is 0 Å². The number of aryl methyl sites for hydroxylation is 1. The van der Waals surface area contributed by atoms with Crippen LogP contribution in [-0.4, -0.2) is 25.8 Å². The molecule has 0 aromatic heterocycles. The maximum atomic E-state index is 12.7. The summed E-state index contributed by atoms with van der Waals surface area (Å²) in [5.41, 5.74) is 2.10. The zero-order valence-electron chi connectivity index (χ0n) is 13.7. The molecule has 3 nitrogen and oxygen atoms in total. The van der Waals surface area contributed by atoms with Crippen LogP contribution < -0.4 is 0 Å². The summed E-state index contributed by atoms with van der Waals surface area (Å²) < 4.78 is 26.7. The van der Waals surface area contributed by atoms with Crippen LogP contribution in [0.4, 0.5) is 0 Å². The fourth-order valence-electron chi connectivity index (χ4n) is 2.25. The van der Waals surface area contributed by atoms with Gasteiger partial charge < -0.3 is 0 Å². The minimum atomic E-state index is -3.57. The molecule has 0 saturated heterocycles. The zero-order valence-corrected chi connectivity index (χ0v) is 14.5.